The highest BCUT2D eigenvalue weighted by Gasteiger charge is 2.10. The number of hydrogen-bond acceptors (Lipinski definition) is 2. The summed E-state index contributed by atoms with van der Waals surface area (Å²) < 4.78 is 5.47. The van der Waals surface area contributed by atoms with Gasteiger partial charge in [-0.1, -0.05) is 19.9 Å². The number of nitrogens with one attached hydrogen (secondary N) is 1. The van der Waals surface area contributed by atoms with Crippen LogP contribution in [0.4, 0.5) is 0 Å². The van der Waals surface area contributed by atoms with Gasteiger partial charge in [-0.15, -0.1) is 0 Å². The van der Waals surface area contributed by atoms with Gasteiger partial charge in [-0.25, -0.2) is 0 Å². The minimum absolute atomic E-state index is 0.965. The molecule has 0 amide bonds. The van der Waals surface area contributed by atoms with Crippen molar-refractivity contribution in [3.05, 3.63) is 30.0 Å². The van der Waals surface area contributed by atoms with Crippen LogP contribution in [0.3, 0.4) is 0 Å². The second-order valence-corrected chi connectivity index (χ2v) is 4.88. The minimum Gasteiger partial charge on any atom is -0.496 e. The fourth-order valence-corrected chi connectivity index (χ4v) is 2.61. The summed E-state index contributed by atoms with van der Waals surface area (Å²) in [5, 5.41) is 1.23. The lowest BCUT2D eigenvalue weighted by Gasteiger charge is -2.19. The van der Waals surface area contributed by atoms with E-state index in [-0.39, 0.29) is 0 Å². The third kappa shape index (κ3) is 3.10. The molecule has 0 radical (unpaired) electrons. The maximum Gasteiger partial charge on any atom is 0.128 e. The second-order valence-electron chi connectivity index (χ2n) is 4.88. The number of ether oxygens (including phenoxy) is 1. The normalized spacial score (nSPS) is 11.4. The third-order valence-electron chi connectivity index (χ3n) is 3.65. The molecule has 0 aliphatic heterocycles. The summed E-state index contributed by atoms with van der Waals surface area (Å²) in [6.45, 7) is 7.86. The Kier molecular flexibility index (Phi) is 4.86. The van der Waals surface area contributed by atoms with E-state index in [9.17, 15) is 0 Å². The van der Waals surface area contributed by atoms with Gasteiger partial charge < -0.3 is 14.6 Å². The van der Waals surface area contributed by atoms with E-state index in [0.717, 1.165) is 30.8 Å². The number of hydrogen-bond donors (Lipinski definition) is 1. The molecular formula is C16H24N2O. The maximum absolute atomic E-state index is 5.47. The molecule has 1 heterocycles. The molecule has 0 spiro atoms. The van der Waals surface area contributed by atoms with Crippen molar-refractivity contribution in [1.29, 1.82) is 0 Å². The van der Waals surface area contributed by atoms with E-state index >= 15 is 0 Å². The van der Waals surface area contributed by atoms with Crippen molar-refractivity contribution in [2.75, 3.05) is 26.7 Å². The first-order valence-corrected chi connectivity index (χ1v) is 7.15. The smallest absolute Gasteiger partial charge is 0.128 e. The van der Waals surface area contributed by atoms with E-state index in [2.05, 4.69) is 36.0 Å². The van der Waals surface area contributed by atoms with Crippen molar-refractivity contribution >= 4 is 10.9 Å². The van der Waals surface area contributed by atoms with E-state index in [1.807, 2.05) is 12.1 Å². The van der Waals surface area contributed by atoms with Crippen LogP contribution >= 0.6 is 0 Å². The van der Waals surface area contributed by atoms with Crippen LogP contribution in [0.2, 0.25) is 0 Å². The molecule has 2 aromatic rings. The zero-order valence-electron chi connectivity index (χ0n) is 12.2. The Hall–Kier alpha value is -1.48. The Morgan fingerprint density at radius 3 is 2.74 bits per heavy atom. The van der Waals surface area contributed by atoms with Crippen molar-refractivity contribution in [3.8, 4) is 5.75 Å². The molecular weight excluding hydrogens is 236 g/mol. The van der Waals surface area contributed by atoms with Gasteiger partial charge in [-0.2, -0.15) is 0 Å². The van der Waals surface area contributed by atoms with Crippen LogP contribution in [0.15, 0.2) is 24.4 Å². The fourth-order valence-electron chi connectivity index (χ4n) is 2.61. The van der Waals surface area contributed by atoms with E-state index in [1.165, 1.54) is 23.9 Å². The predicted molar refractivity (Wildman–Crippen MR) is 81.0 cm³/mol. The molecule has 1 aromatic heterocycles. The Morgan fingerprint density at radius 2 is 2.05 bits per heavy atom. The lowest BCUT2D eigenvalue weighted by molar-refractivity contribution is 0.292. The Labute approximate surface area is 115 Å². The first kappa shape index (κ1) is 13.9. The van der Waals surface area contributed by atoms with Crippen molar-refractivity contribution in [1.82, 2.24) is 9.88 Å². The van der Waals surface area contributed by atoms with Crippen molar-refractivity contribution < 1.29 is 4.74 Å². The molecule has 0 fully saturated rings. The molecule has 0 unspecified atom stereocenters. The average Bonchev–Trinajstić information content (AvgIpc) is 2.86. The van der Waals surface area contributed by atoms with Crippen LogP contribution in [0, 0.1) is 0 Å². The first-order chi connectivity index (χ1) is 9.30. The molecule has 2 rings (SSSR count). The summed E-state index contributed by atoms with van der Waals surface area (Å²) in [5.74, 6) is 0.965. The number of H-pyrrole nitrogens is 1. The van der Waals surface area contributed by atoms with E-state index < -0.39 is 0 Å². The van der Waals surface area contributed by atoms with Crippen LogP contribution in [-0.4, -0.2) is 36.6 Å². The van der Waals surface area contributed by atoms with Crippen LogP contribution < -0.4 is 4.74 Å². The second kappa shape index (κ2) is 6.62. The number of nitrogens with zero attached hydrogens (tertiary/aromatic N) is 1. The number of methoxy groups -OCH3 is 1. The minimum atomic E-state index is 0.965. The van der Waals surface area contributed by atoms with Crippen molar-refractivity contribution in [2.45, 2.75) is 26.7 Å². The molecule has 3 heteroatoms. The lowest BCUT2D eigenvalue weighted by atomic mass is 10.1. The molecule has 0 bridgehead atoms. The molecule has 0 saturated carbocycles. The Morgan fingerprint density at radius 1 is 1.21 bits per heavy atom. The first-order valence-electron chi connectivity index (χ1n) is 7.15. The van der Waals surface area contributed by atoms with Crippen LogP contribution in [0.5, 0.6) is 5.75 Å². The van der Waals surface area contributed by atoms with Gasteiger partial charge in [0.1, 0.15) is 5.75 Å². The number of fused-ring (bicyclic) bond motifs is 1. The largest absolute Gasteiger partial charge is 0.496 e. The quantitative estimate of drug-likeness (QED) is 0.826. The van der Waals surface area contributed by atoms with Crippen LogP contribution in [0.1, 0.15) is 25.8 Å². The summed E-state index contributed by atoms with van der Waals surface area (Å²) in [6, 6.07) is 6.16. The molecule has 0 aliphatic carbocycles. The zero-order chi connectivity index (χ0) is 13.7. The summed E-state index contributed by atoms with van der Waals surface area (Å²) in [7, 11) is 1.74. The fraction of sp³-hybridized carbons (Fsp3) is 0.500. The lowest BCUT2D eigenvalue weighted by Crippen LogP contribution is -2.26. The predicted octanol–water partition coefficient (Wildman–Crippen LogP) is 3.45. The molecule has 19 heavy (non-hydrogen) atoms. The van der Waals surface area contributed by atoms with Gasteiger partial charge in [0.25, 0.3) is 0 Å². The highest BCUT2D eigenvalue weighted by Crippen LogP contribution is 2.28. The highest BCUT2D eigenvalue weighted by atomic mass is 16.5. The number of likely N-dealkylation sites (N-methyl/N-ethyl adjacent to an activating group) is 1. The Bertz CT molecular complexity index is 518. The van der Waals surface area contributed by atoms with E-state index in [1.54, 1.807) is 7.11 Å². The van der Waals surface area contributed by atoms with Crippen LogP contribution in [-0.2, 0) is 6.42 Å². The standard InChI is InChI=1S/C16H24N2O/c1-4-10-18(5-2)11-9-13-12-17-14-7-6-8-15(19-3)16(13)14/h6-8,12,17H,4-5,9-11H2,1-3H3. The van der Waals surface area contributed by atoms with E-state index in [0.29, 0.717) is 0 Å². The number of rotatable bonds is 7. The van der Waals surface area contributed by atoms with Gasteiger partial charge in [-0.3, -0.25) is 0 Å². The monoisotopic (exact) mass is 260 g/mol. The van der Waals surface area contributed by atoms with Gasteiger partial charge in [0.05, 0.1) is 7.11 Å². The summed E-state index contributed by atoms with van der Waals surface area (Å²) in [6.07, 6.45) is 4.40. The summed E-state index contributed by atoms with van der Waals surface area (Å²) in [4.78, 5) is 5.83. The molecule has 0 atom stereocenters. The highest BCUT2D eigenvalue weighted by molar-refractivity contribution is 5.89. The van der Waals surface area contributed by atoms with Gasteiger partial charge in [0.2, 0.25) is 0 Å². The van der Waals surface area contributed by atoms with Crippen LogP contribution in [0.25, 0.3) is 10.9 Å². The molecule has 0 aliphatic rings. The van der Waals surface area contributed by atoms with Gasteiger partial charge in [0, 0.05) is 23.6 Å². The number of benzene rings is 1. The maximum atomic E-state index is 5.47. The van der Waals surface area contributed by atoms with Gasteiger partial charge in [0.15, 0.2) is 0 Å². The molecule has 1 N–H and O–H groups in total. The van der Waals surface area contributed by atoms with Gasteiger partial charge >= 0.3 is 0 Å². The summed E-state index contributed by atoms with van der Waals surface area (Å²) >= 11 is 0. The Balaban J connectivity index is 2.16. The molecule has 1 aromatic carbocycles. The van der Waals surface area contributed by atoms with Gasteiger partial charge in [-0.05, 0) is 43.6 Å². The third-order valence-corrected chi connectivity index (χ3v) is 3.65. The topological polar surface area (TPSA) is 28.3 Å². The zero-order valence-corrected chi connectivity index (χ0v) is 12.2. The molecule has 0 saturated heterocycles. The SMILES string of the molecule is CCCN(CC)CCc1c[nH]c2cccc(OC)c12. The molecule has 3 nitrogen and oxygen atoms in total. The van der Waals surface area contributed by atoms with Crippen molar-refractivity contribution in [2.24, 2.45) is 0 Å². The molecule has 104 valence electrons. The number of aromatic nitrogens is 1. The average molecular weight is 260 g/mol. The number of aromatic amines is 1. The van der Waals surface area contributed by atoms with Crippen molar-refractivity contribution in [3.63, 3.8) is 0 Å². The summed E-state index contributed by atoms with van der Waals surface area (Å²) in [5.41, 5.74) is 2.51. The van der Waals surface area contributed by atoms with E-state index in [4.69, 9.17) is 4.74 Å².